The standard InChI is InChI=1S/C17H18ClNO/c1-9-5-10(2)12(4)16(11(9)3)17(20)13-6-14(18)8-15(19)7-13/h5-8H,19H2,1-4H3. The largest absolute Gasteiger partial charge is 0.399 e. The van der Waals surface area contributed by atoms with E-state index in [1.165, 1.54) is 0 Å². The van der Waals surface area contributed by atoms with Crippen LogP contribution in [0.15, 0.2) is 24.3 Å². The predicted molar refractivity (Wildman–Crippen MR) is 84.7 cm³/mol. The third-order valence-electron chi connectivity index (χ3n) is 3.78. The summed E-state index contributed by atoms with van der Waals surface area (Å²) in [6.45, 7) is 7.99. The molecule has 0 aliphatic rings. The van der Waals surface area contributed by atoms with Crippen molar-refractivity contribution in [1.29, 1.82) is 0 Å². The van der Waals surface area contributed by atoms with E-state index >= 15 is 0 Å². The molecule has 0 heterocycles. The molecule has 2 N–H and O–H groups in total. The van der Waals surface area contributed by atoms with E-state index < -0.39 is 0 Å². The Morgan fingerprint density at radius 1 is 0.950 bits per heavy atom. The van der Waals surface area contributed by atoms with Crippen LogP contribution in [0.2, 0.25) is 5.02 Å². The zero-order chi connectivity index (χ0) is 15.0. The van der Waals surface area contributed by atoms with Gasteiger partial charge in [0.25, 0.3) is 0 Å². The zero-order valence-electron chi connectivity index (χ0n) is 12.2. The number of ketones is 1. The third kappa shape index (κ3) is 2.56. The molecule has 0 unspecified atom stereocenters. The van der Waals surface area contributed by atoms with Gasteiger partial charge >= 0.3 is 0 Å². The number of hydrogen-bond acceptors (Lipinski definition) is 2. The van der Waals surface area contributed by atoms with Gasteiger partial charge in [0.15, 0.2) is 5.78 Å². The Bertz CT molecular complexity index is 658. The normalized spacial score (nSPS) is 10.7. The number of hydrogen-bond donors (Lipinski definition) is 1. The van der Waals surface area contributed by atoms with Gasteiger partial charge in [-0.2, -0.15) is 0 Å². The van der Waals surface area contributed by atoms with Gasteiger partial charge in [0, 0.05) is 21.8 Å². The summed E-state index contributed by atoms with van der Waals surface area (Å²) in [5.41, 5.74) is 11.8. The molecule has 2 rings (SSSR count). The molecule has 0 radical (unpaired) electrons. The van der Waals surface area contributed by atoms with E-state index in [1.807, 2.05) is 27.7 Å². The minimum absolute atomic E-state index is 0.0269. The summed E-state index contributed by atoms with van der Waals surface area (Å²) in [5.74, 6) is -0.0269. The maximum atomic E-state index is 12.8. The Kier molecular flexibility index (Phi) is 3.87. The molecule has 0 aliphatic carbocycles. The molecule has 0 bridgehead atoms. The van der Waals surface area contributed by atoms with Gasteiger partial charge in [0.2, 0.25) is 0 Å². The van der Waals surface area contributed by atoms with Gasteiger partial charge in [-0.1, -0.05) is 17.7 Å². The predicted octanol–water partition coefficient (Wildman–Crippen LogP) is 4.39. The summed E-state index contributed by atoms with van der Waals surface area (Å²) < 4.78 is 0. The number of rotatable bonds is 2. The first-order chi connectivity index (χ1) is 9.31. The second kappa shape index (κ2) is 5.29. The van der Waals surface area contributed by atoms with Crippen molar-refractivity contribution in [3.8, 4) is 0 Å². The molecule has 20 heavy (non-hydrogen) atoms. The molecule has 3 heteroatoms. The van der Waals surface area contributed by atoms with Gasteiger partial charge in [0.05, 0.1) is 0 Å². The van der Waals surface area contributed by atoms with Crippen molar-refractivity contribution >= 4 is 23.1 Å². The Morgan fingerprint density at radius 2 is 1.50 bits per heavy atom. The van der Waals surface area contributed by atoms with Crippen LogP contribution in [0.5, 0.6) is 0 Å². The smallest absolute Gasteiger partial charge is 0.193 e. The molecular weight excluding hydrogens is 270 g/mol. The lowest BCUT2D eigenvalue weighted by Gasteiger charge is -2.14. The van der Waals surface area contributed by atoms with E-state index in [-0.39, 0.29) is 5.78 Å². The lowest BCUT2D eigenvalue weighted by atomic mass is 9.89. The maximum absolute atomic E-state index is 12.8. The molecular formula is C17H18ClNO. The number of benzene rings is 2. The minimum atomic E-state index is -0.0269. The van der Waals surface area contributed by atoms with Crippen molar-refractivity contribution in [2.75, 3.05) is 5.73 Å². The number of nitrogen functional groups attached to an aromatic ring is 1. The van der Waals surface area contributed by atoms with Gasteiger partial charge < -0.3 is 5.73 Å². The van der Waals surface area contributed by atoms with Crippen molar-refractivity contribution in [3.63, 3.8) is 0 Å². The molecule has 0 aliphatic heterocycles. The molecule has 2 nitrogen and oxygen atoms in total. The van der Waals surface area contributed by atoms with Crippen LogP contribution in [0.1, 0.15) is 38.2 Å². The lowest BCUT2D eigenvalue weighted by molar-refractivity contribution is 0.103. The van der Waals surface area contributed by atoms with Gasteiger partial charge in [0.1, 0.15) is 0 Å². The highest BCUT2D eigenvalue weighted by Crippen LogP contribution is 2.26. The van der Waals surface area contributed by atoms with Crippen LogP contribution < -0.4 is 5.73 Å². The summed E-state index contributed by atoms with van der Waals surface area (Å²) in [6, 6.07) is 7.08. The maximum Gasteiger partial charge on any atom is 0.193 e. The van der Waals surface area contributed by atoms with Crippen LogP contribution in [-0.4, -0.2) is 5.78 Å². The van der Waals surface area contributed by atoms with Crippen LogP contribution >= 0.6 is 11.6 Å². The van der Waals surface area contributed by atoms with Gasteiger partial charge in [-0.15, -0.1) is 0 Å². The van der Waals surface area contributed by atoms with Gasteiger partial charge in [-0.05, 0) is 68.1 Å². The fourth-order valence-electron chi connectivity index (χ4n) is 2.45. The molecule has 0 aromatic heterocycles. The number of anilines is 1. The molecule has 104 valence electrons. The highest BCUT2D eigenvalue weighted by atomic mass is 35.5. The highest BCUT2D eigenvalue weighted by molar-refractivity contribution is 6.31. The molecule has 0 saturated carbocycles. The Balaban J connectivity index is 2.65. The second-order valence-electron chi connectivity index (χ2n) is 5.24. The Morgan fingerprint density at radius 3 is 2.00 bits per heavy atom. The molecule has 0 atom stereocenters. The molecule has 0 fully saturated rings. The van der Waals surface area contributed by atoms with E-state index in [0.717, 1.165) is 27.8 Å². The number of nitrogens with two attached hydrogens (primary N) is 1. The number of halogens is 1. The number of carbonyl (C=O) groups is 1. The minimum Gasteiger partial charge on any atom is -0.399 e. The van der Waals surface area contributed by atoms with Crippen molar-refractivity contribution in [2.24, 2.45) is 0 Å². The first-order valence-corrected chi connectivity index (χ1v) is 6.87. The van der Waals surface area contributed by atoms with Gasteiger partial charge in [-0.3, -0.25) is 4.79 Å². The van der Waals surface area contributed by atoms with E-state index in [1.54, 1.807) is 18.2 Å². The summed E-state index contributed by atoms with van der Waals surface area (Å²) in [6.07, 6.45) is 0. The molecule has 0 saturated heterocycles. The van der Waals surface area contributed by atoms with E-state index in [4.69, 9.17) is 17.3 Å². The number of carbonyl (C=O) groups excluding carboxylic acids is 1. The van der Waals surface area contributed by atoms with Crippen LogP contribution in [0, 0.1) is 27.7 Å². The average molecular weight is 288 g/mol. The fraction of sp³-hybridized carbons (Fsp3) is 0.235. The Hall–Kier alpha value is -1.80. The van der Waals surface area contributed by atoms with E-state index in [0.29, 0.717) is 16.3 Å². The Labute approximate surface area is 124 Å². The summed E-state index contributed by atoms with van der Waals surface area (Å²) >= 11 is 5.99. The summed E-state index contributed by atoms with van der Waals surface area (Å²) in [7, 11) is 0. The van der Waals surface area contributed by atoms with Crippen LogP contribution in [0.3, 0.4) is 0 Å². The molecule has 0 spiro atoms. The van der Waals surface area contributed by atoms with E-state index in [9.17, 15) is 4.79 Å². The quantitative estimate of drug-likeness (QED) is 0.658. The first-order valence-electron chi connectivity index (χ1n) is 6.49. The van der Waals surface area contributed by atoms with Crippen molar-refractivity contribution in [2.45, 2.75) is 27.7 Å². The van der Waals surface area contributed by atoms with Crippen molar-refractivity contribution < 1.29 is 4.79 Å². The fourth-order valence-corrected chi connectivity index (χ4v) is 2.69. The lowest BCUT2D eigenvalue weighted by Crippen LogP contribution is -2.09. The third-order valence-corrected chi connectivity index (χ3v) is 3.99. The van der Waals surface area contributed by atoms with Crippen LogP contribution in [0.4, 0.5) is 5.69 Å². The van der Waals surface area contributed by atoms with Crippen LogP contribution in [0.25, 0.3) is 0 Å². The van der Waals surface area contributed by atoms with Crippen molar-refractivity contribution in [1.82, 2.24) is 0 Å². The van der Waals surface area contributed by atoms with E-state index in [2.05, 4.69) is 6.07 Å². The topological polar surface area (TPSA) is 43.1 Å². The summed E-state index contributed by atoms with van der Waals surface area (Å²) in [4.78, 5) is 12.8. The second-order valence-corrected chi connectivity index (χ2v) is 5.67. The first kappa shape index (κ1) is 14.6. The summed E-state index contributed by atoms with van der Waals surface area (Å²) in [5, 5.41) is 0.480. The zero-order valence-corrected chi connectivity index (χ0v) is 12.9. The highest BCUT2D eigenvalue weighted by Gasteiger charge is 2.18. The monoisotopic (exact) mass is 287 g/mol. The van der Waals surface area contributed by atoms with Gasteiger partial charge in [-0.25, -0.2) is 0 Å². The number of aryl methyl sites for hydroxylation is 2. The van der Waals surface area contributed by atoms with Crippen LogP contribution in [-0.2, 0) is 0 Å². The molecule has 2 aromatic rings. The van der Waals surface area contributed by atoms with Crippen molar-refractivity contribution in [3.05, 3.63) is 62.7 Å². The molecule has 2 aromatic carbocycles. The average Bonchev–Trinajstić information content (AvgIpc) is 2.35. The molecule has 0 amide bonds. The SMILES string of the molecule is Cc1cc(C)c(C)c(C(=O)c2cc(N)cc(Cl)c2)c1C.